The van der Waals surface area contributed by atoms with Gasteiger partial charge in [-0.3, -0.25) is 0 Å². The van der Waals surface area contributed by atoms with Crippen LogP contribution >= 0.6 is 0 Å². The number of alkyl halides is 3. The number of nitrogens with zero attached hydrogens (tertiary/aromatic N) is 1. The van der Waals surface area contributed by atoms with E-state index in [0.717, 1.165) is 55.5 Å². The summed E-state index contributed by atoms with van der Waals surface area (Å²) in [5.74, 6) is 0. The molecule has 1 aromatic rings. The van der Waals surface area contributed by atoms with Gasteiger partial charge in [-0.2, -0.15) is 13.2 Å². The van der Waals surface area contributed by atoms with Crippen LogP contribution in [0.2, 0.25) is 0 Å². The summed E-state index contributed by atoms with van der Waals surface area (Å²) in [6.07, 6.45) is 3.51. The molecule has 2 nitrogen and oxygen atoms in total. The van der Waals surface area contributed by atoms with Crippen LogP contribution in [0.4, 0.5) is 13.2 Å². The summed E-state index contributed by atoms with van der Waals surface area (Å²) in [6.45, 7) is 9.59. The summed E-state index contributed by atoms with van der Waals surface area (Å²) in [4.78, 5) is 0. The van der Waals surface area contributed by atoms with Crippen LogP contribution in [0, 0.1) is 5.41 Å². The van der Waals surface area contributed by atoms with E-state index >= 15 is 0 Å². The molecule has 0 bridgehead atoms. The molecule has 1 aromatic carbocycles. The van der Waals surface area contributed by atoms with E-state index in [1.807, 2.05) is 26.8 Å². The standard InChI is InChI=1S/C22H30F3NOS/c1-5-14-21(16-17-10-12-18(13-11-17)22(23,24)25)15-8-6-7-9-19(21)26-28(27)20(2,3)4/h5,10-13H,1,6-9,14-16H2,2-4H3/b26-19+/t21-,28?/m1/s1. The highest BCUT2D eigenvalue weighted by molar-refractivity contribution is 7.91. The molecule has 1 fully saturated rings. The summed E-state index contributed by atoms with van der Waals surface area (Å²) >= 11 is -1.36. The average molecular weight is 414 g/mol. The van der Waals surface area contributed by atoms with Crippen molar-refractivity contribution in [1.82, 2.24) is 0 Å². The van der Waals surface area contributed by atoms with Gasteiger partial charge in [-0.15, -0.1) is 6.58 Å². The fourth-order valence-electron chi connectivity index (χ4n) is 3.68. The molecule has 1 unspecified atom stereocenters. The predicted molar refractivity (Wildman–Crippen MR) is 111 cm³/mol. The number of hydrogen-bond acceptors (Lipinski definition) is 2. The summed E-state index contributed by atoms with van der Waals surface area (Å²) in [5.41, 5.74) is 0.792. The third-order valence-corrected chi connectivity index (χ3v) is 6.69. The molecule has 0 saturated heterocycles. The Morgan fingerprint density at radius 3 is 2.32 bits per heavy atom. The predicted octanol–water partition coefficient (Wildman–Crippen LogP) is 6.68. The third-order valence-electron chi connectivity index (χ3n) is 5.26. The summed E-state index contributed by atoms with van der Waals surface area (Å²) in [7, 11) is 0. The number of halogens is 3. The van der Waals surface area contributed by atoms with Crippen LogP contribution in [0.25, 0.3) is 0 Å². The fourth-order valence-corrected chi connectivity index (χ4v) is 4.44. The zero-order valence-corrected chi connectivity index (χ0v) is 17.8. The van der Waals surface area contributed by atoms with Crippen molar-refractivity contribution < 1.29 is 17.7 Å². The van der Waals surface area contributed by atoms with Crippen LogP contribution in [-0.4, -0.2) is 15.0 Å². The Kier molecular flexibility index (Phi) is 7.43. The SMILES string of the molecule is C=CC[C@]1(Cc2ccc(C(F)(F)F)cc2)CCCCC/C1=N\[S+]([O-])C(C)(C)C. The van der Waals surface area contributed by atoms with E-state index in [-0.39, 0.29) is 5.41 Å². The van der Waals surface area contributed by atoms with Gasteiger partial charge in [-0.1, -0.05) is 35.4 Å². The van der Waals surface area contributed by atoms with Crippen molar-refractivity contribution in [3.63, 3.8) is 0 Å². The largest absolute Gasteiger partial charge is 0.591 e. The number of benzene rings is 1. The number of hydrogen-bond donors (Lipinski definition) is 0. The zero-order valence-electron chi connectivity index (χ0n) is 16.9. The van der Waals surface area contributed by atoms with E-state index < -0.39 is 27.8 Å². The monoisotopic (exact) mass is 413 g/mol. The van der Waals surface area contributed by atoms with E-state index in [1.165, 1.54) is 0 Å². The molecule has 2 atom stereocenters. The summed E-state index contributed by atoms with van der Waals surface area (Å²) in [5, 5.41) is 0. The molecular weight excluding hydrogens is 383 g/mol. The fraction of sp³-hybridized carbons (Fsp3) is 0.591. The quantitative estimate of drug-likeness (QED) is 0.301. The van der Waals surface area contributed by atoms with Gasteiger partial charge in [-0.25, -0.2) is 0 Å². The maximum Gasteiger partial charge on any atom is 0.416 e. The molecule has 0 N–H and O–H groups in total. The number of allylic oxidation sites excluding steroid dienone is 1. The maximum absolute atomic E-state index is 12.9. The van der Waals surface area contributed by atoms with E-state index in [0.29, 0.717) is 12.8 Å². The van der Waals surface area contributed by atoms with Gasteiger partial charge in [0, 0.05) is 5.41 Å². The second-order valence-corrected chi connectivity index (χ2v) is 10.5. The highest BCUT2D eigenvalue weighted by Gasteiger charge is 2.39. The van der Waals surface area contributed by atoms with Crippen LogP contribution < -0.4 is 0 Å². The van der Waals surface area contributed by atoms with Crippen molar-refractivity contribution in [3.05, 3.63) is 48.0 Å². The normalized spacial score (nSPS) is 24.0. The van der Waals surface area contributed by atoms with Crippen LogP contribution in [0.15, 0.2) is 41.3 Å². The topological polar surface area (TPSA) is 35.4 Å². The van der Waals surface area contributed by atoms with Gasteiger partial charge in [0.1, 0.15) is 16.1 Å². The Labute approximate surface area is 169 Å². The average Bonchev–Trinajstić information content (AvgIpc) is 2.77. The van der Waals surface area contributed by atoms with Crippen LogP contribution in [0.3, 0.4) is 0 Å². The first-order valence-electron chi connectivity index (χ1n) is 9.75. The minimum Gasteiger partial charge on any atom is -0.591 e. The minimum atomic E-state index is -4.34. The molecule has 156 valence electrons. The van der Waals surface area contributed by atoms with Gasteiger partial charge in [0.05, 0.1) is 11.3 Å². The molecule has 0 heterocycles. The van der Waals surface area contributed by atoms with Crippen LogP contribution in [0.5, 0.6) is 0 Å². The van der Waals surface area contributed by atoms with Crippen molar-refractivity contribution >= 4 is 17.1 Å². The lowest BCUT2D eigenvalue weighted by molar-refractivity contribution is -0.137. The van der Waals surface area contributed by atoms with Gasteiger partial charge in [-0.05, 0) is 70.6 Å². The first-order valence-corrected chi connectivity index (χ1v) is 10.9. The lowest BCUT2D eigenvalue weighted by Gasteiger charge is -2.34. The molecule has 0 radical (unpaired) electrons. The van der Waals surface area contributed by atoms with E-state index in [2.05, 4.69) is 11.0 Å². The van der Waals surface area contributed by atoms with Crippen molar-refractivity contribution in [2.75, 3.05) is 0 Å². The van der Waals surface area contributed by atoms with E-state index in [4.69, 9.17) is 0 Å². The third kappa shape index (κ3) is 5.86. The Balaban J connectivity index is 2.41. The Hall–Kier alpha value is -1.27. The highest BCUT2D eigenvalue weighted by atomic mass is 32.2. The van der Waals surface area contributed by atoms with Gasteiger partial charge in [0.15, 0.2) is 0 Å². The molecule has 2 rings (SSSR count). The smallest absolute Gasteiger partial charge is 0.416 e. The zero-order chi connectivity index (χ0) is 21.0. The molecule has 0 spiro atoms. The van der Waals surface area contributed by atoms with Gasteiger partial charge in [0.25, 0.3) is 0 Å². The maximum atomic E-state index is 12.9. The molecule has 6 heteroatoms. The van der Waals surface area contributed by atoms with E-state index in [9.17, 15) is 17.7 Å². The van der Waals surface area contributed by atoms with Crippen molar-refractivity contribution in [2.24, 2.45) is 9.81 Å². The molecular formula is C22H30F3NOS. The second kappa shape index (κ2) is 9.04. The molecule has 1 saturated carbocycles. The lowest BCUT2D eigenvalue weighted by Crippen LogP contribution is -2.35. The molecule has 28 heavy (non-hydrogen) atoms. The van der Waals surface area contributed by atoms with Crippen LogP contribution in [-0.2, 0) is 24.0 Å². The molecule has 1 aliphatic carbocycles. The molecule has 0 aliphatic heterocycles. The van der Waals surface area contributed by atoms with Gasteiger partial charge >= 0.3 is 6.18 Å². The number of rotatable bonds is 5. The van der Waals surface area contributed by atoms with Crippen LogP contribution in [0.1, 0.15) is 70.4 Å². The second-order valence-electron chi connectivity index (χ2n) is 8.60. The van der Waals surface area contributed by atoms with Crippen molar-refractivity contribution in [3.8, 4) is 0 Å². The first-order chi connectivity index (χ1) is 13.0. The summed E-state index contributed by atoms with van der Waals surface area (Å²) in [6, 6.07) is 5.38. The Morgan fingerprint density at radius 1 is 1.14 bits per heavy atom. The van der Waals surface area contributed by atoms with Gasteiger partial charge < -0.3 is 4.55 Å². The molecule has 0 aromatic heterocycles. The van der Waals surface area contributed by atoms with Crippen molar-refractivity contribution in [1.29, 1.82) is 0 Å². The minimum absolute atomic E-state index is 0.334. The Morgan fingerprint density at radius 2 is 1.79 bits per heavy atom. The van der Waals surface area contributed by atoms with E-state index in [1.54, 1.807) is 12.1 Å². The Bertz CT molecular complexity index is 691. The van der Waals surface area contributed by atoms with Crippen molar-refractivity contribution in [2.45, 2.75) is 76.6 Å². The summed E-state index contributed by atoms with van der Waals surface area (Å²) < 4.78 is 55.6. The van der Waals surface area contributed by atoms with Gasteiger partial charge in [0.2, 0.25) is 0 Å². The molecule has 1 aliphatic rings. The first kappa shape index (κ1) is 23.0. The molecule has 0 amide bonds. The highest BCUT2D eigenvalue weighted by Crippen LogP contribution is 2.41. The lowest BCUT2D eigenvalue weighted by atomic mass is 9.71.